The van der Waals surface area contributed by atoms with Crippen molar-refractivity contribution in [2.24, 2.45) is 0 Å². The molecule has 0 aliphatic carbocycles. The fraction of sp³-hybridized carbons (Fsp3) is 0.0526. The van der Waals surface area contributed by atoms with Gasteiger partial charge in [0.25, 0.3) is 0 Å². The van der Waals surface area contributed by atoms with E-state index in [0.717, 1.165) is 37.5 Å². The Kier molecular flexibility index (Phi) is 3.79. The summed E-state index contributed by atoms with van der Waals surface area (Å²) >= 11 is 0. The van der Waals surface area contributed by atoms with Gasteiger partial charge in [-0.2, -0.15) is 0 Å². The fourth-order valence-corrected chi connectivity index (χ4v) is 33.4. The van der Waals surface area contributed by atoms with E-state index in [1.807, 2.05) is 0 Å². The normalized spacial score (nSPS) is 24.9. The molecule has 10 aliphatic heterocycles. The molecule has 10 aliphatic rings. The molecular weight excluding hydrogens is 644 g/mol. The van der Waals surface area contributed by atoms with Gasteiger partial charge in [0.15, 0.2) is 0 Å². The maximum atomic E-state index is 4.83. The minimum absolute atomic E-state index is 0.234. The Hall–Kier alpha value is -3.48. The first-order valence-electron chi connectivity index (χ1n) is 19.0. The van der Waals surface area contributed by atoms with Crippen LogP contribution in [-0.4, -0.2) is 63.2 Å². The Morgan fingerprint density at radius 1 is 0.686 bits per heavy atom. The second-order valence-electron chi connectivity index (χ2n) is 17.5. The molecule has 0 unspecified atom stereocenters. The zero-order chi connectivity index (χ0) is 32.5. The molecule has 0 saturated carbocycles. The Morgan fingerprint density at radius 3 is 2.10 bits per heavy atom. The Balaban J connectivity index is 1.10. The van der Waals surface area contributed by atoms with Crippen molar-refractivity contribution in [2.45, 2.75) is 11.8 Å². The number of benzene rings is 6. The summed E-state index contributed by atoms with van der Waals surface area (Å²) < 4.78 is 2.65. The predicted octanol–water partition coefficient (Wildman–Crippen LogP) is 3.57. The van der Waals surface area contributed by atoms with Crippen LogP contribution in [-0.2, 0) is 11.8 Å². The molecule has 0 amide bonds. The van der Waals surface area contributed by atoms with Crippen molar-refractivity contribution in [3.63, 3.8) is 0 Å². The zero-order valence-corrected chi connectivity index (χ0v) is 29.7. The third-order valence-electron chi connectivity index (χ3n) is 16.3. The van der Waals surface area contributed by atoms with Gasteiger partial charge in [-0.3, -0.25) is 0 Å². The summed E-state index contributed by atoms with van der Waals surface area (Å²) in [4.78, 5) is 4.83. The van der Waals surface area contributed by atoms with E-state index in [9.17, 15) is 0 Å². The third-order valence-corrected chi connectivity index (χ3v) is 30.8. The second kappa shape index (κ2) is 7.35. The van der Waals surface area contributed by atoms with Crippen molar-refractivity contribution in [3.8, 4) is 5.69 Å². The third kappa shape index (κ3) is 2.27. The molecule has 225 valence electrons. The van der Waals surface area contributed by atoms with Crippen molar-refractivity contribution < 1.29 is 0 Å². The Bertz CT molecular complexity index is 2900. The molecule has 11 heterocycles. The molecule has 6 aromatic carbocycles. The summed E-state index contributed by atoms with van der Waals surface area (Å²) in [7, 11) is 2.75. The van der Waals surface area contributed by atoms with Gasteiger partial charge in [0.2, 0.25) is 0 Å². The van der Waals surface area contributed by atoms with Crippen LogP contribution in [0.25, 0.3) is 27.5 Å². The second-order valence-corrected chi connectivity index (χ2v) is 27.9. The summed E-state index contributed by atoms with van der Waals surface area (Å²) in [5.41, 5.74) is 17.4. The van der Waals surface area contributed by atoms with Gasteiger partial charge in [0, 0.05) is 0 Å². The molecule has 5 radical (unpaired) electrons. The summed E-state index contributed by atoms with van der Waals surface area (Å²) in [6, 6.07) is 49.8. The first kappa shape index (κ1) is 26.3. The molecule has 2 nitrogen and oxygen atoms in total. The summed E-state index contributed by atoms with van der Waals surface area (Å²) in [5.74, 6) is 0. The molecule has 51 heavy (non-hydrogen) atoms. The number of hydrogen-bond acceptors (Lipinski definition) is 1. The summed E-state index contributed by atoms with van der Waals surface area (Å²) in [6.45, 7) is 5.82. The van der Waals surface area contributed by atoms with Crippen LogP contribution in [0.3, 0.4) is 0 Å². The first-order valence-corrected chi connectivity index (χ1v) is 24.0. The van der Waals surface area contributed by atoms with Crippen LogP contribution in [0.15, 0.2) is 127 Å². The number of nitrogens with one attached hydrogen (secondary N) is 1. The summed E-state index contributed by atoms with van der Waals surface area (Å²) in [5, 5.41) is 4.57. The van der Waals surface area contributed by atoms with Crippen molar-refractivity contribution in [1.82, 2.24) is 9.42 Å². The van der Waals surface area contributed by atoms with E-state index in [4.69, 9.17) is 4.86 Å². The van der Waals surface area contributed by atoms with Crippen LogP contribution in [0.5, 0.6) is 0 Å². The van der Waals surface area contributed by atoms with Gasteiger partial charge in [0.05, 0.1) is 0 Å². The average Bonchev–Trinajstić information content (AvgIpc) is 4.13. The van der Waals surface area contributed by atoms with Crippen LogP contribution in [0.1, 0.15) is 33.4 Å². The van der Waals surface area contributed by atoms with Crippen molar-refractivity contribution in [2.75, 3.05) is 0 Å². The number of hydrogen-bond donors (Lipinski definition) is 1. The number of fused-ring (bicyclic) bond motifs is 5. The minimum atomic E-state index is -2.17. The standard InChI is InChI=1S/C38H24B9N2P2/c1-3-10-24(11-4-1)38(25-12-5-2-6-13-25)29-15-9-17-32-36(29)42-34-23(18-19-27-26-14-7-8-16-31(26)49(32)37(27)34)22-28-33(21-20-30(38)35(28)42)50(43-39-44(50)47(43)50)48-51-40-45(51)46(51)41-51/h1-21,48H,22H2/q-2. The number of para-hydroxylation sites is 1. The van der Waals surface area contributed by atoms with Crippen LogP contribution < -0.4 is 26.6 Å². The molecule has 7 aromatic rings. The van der Waals surface area contributed by atoms with Gasteiger partial charge in [-0.25, -0.2) is 0 Å². The number of nitrogens with zero attached hydrogens (tertiary/aromatic N) is 1. The molecule has 7 fully saturated rings. The molecule has 13 heteroatoms. The van der Waals surface area contributed by atoms with E-state index in [1.54, 1.807) is 27.4 Å². The molecule has 7 saturated heterocycles. The Labute approximate surface area is 301 Å². The van der Waals surface area contributed by atoms with Gasteiger partial charge in [0.1, 0.15) is 0 Å². The molecule has 17 rings (SSSR count). The van der Waals surface area contributed by atoms with Crippen molar-refractivity contribution in [1.29, 1.82) is 0 Å². The quantitative estimate of drug-likeness (QED) is 0.220. The average molecular weight is 668 g/mol. The zero-order valence-electron chi connectivity index (χ0n) is 27.9. The molecular formula is C38H24B9N2P2-2. The van der Waals surface area contributed by atoms with E-state index < -0.39 is 18.1 Å². The van der Waals surface area contributed by atoms with Gasteiger partial charge < -0.3 is 0 Å². The maximum absolute atomic E-state index is 4.83. The van der Waals surface area contributed by atoms with Crippen LogP contribution in [0.4, 0.5) is 0 Å². The SMILES string of the molecule is [B]1B2B3[B-]P123NP12(c3ccc4c5c3Cc3ccc6c7ccccc7n7c6c3B5c3c-7cccc3C4(c3ccccc3)c3ccccc3)B3[B-]B1B32. The van der Waals surface area contributed by atoms with Crippen LogP contribution in [0.2, 0.25) is 0 Å². The van der Waals surface area contributed by atoms with Gasteiger partial charge in [-0.15, -0.1) is 0 Å². The topological polar surface area (TPSA) is 17.0 Å². The van der Waals surface area contributed by atoms with E-state index in [-0.39, 0.29) is 6.71 Å². The fourth-order valence-electron chi connectivity index (χ4n) is 13.9. The van der Waals surface area contributed by atoms with E-state index in [0.29, 0.717) is 0 Å². The van der Waals surface area contributed by atoms with Gasteiger partial charge >= 0.3 is 303 Å². The van der Waals surface area contributed by atoms with E-state index >= 15 is 0 Å². The van der Waals surface area contributed by atoms with Crippen molar-refractivity contribution >= 4 is 115 Å². The monoisotopic (exact) mass is 669 g/mol. The summed E-state index contributed by atoms with van der Waals surface area (Å²) in [6.07, 6.45) is 1.69. The molecule has 1 spiro atoms. The molecule has 1 N–H and O–H groups in total. The van der Waals surface area contributed by atoms with Gasteiger partial charge in [-0.1, -0.05) is 0 Å². The molecule has 0 atom stereocenters. The Morgan fingerprint density at radius 2 is 1.41 bits per heavy atom. The predicted molar refractivity (Wildman–Crippen MR) is 229 cm³/mol. The van der Waals surface area contributed by atoms with E-state index in [1.165, 1.54) is 55.2 Å². The first-order chi connectivity index (χ1) is 25.2. The van der Waals surface area contributed by atoms with Gasteiger partial charge in [-0.05, 0) is 0 Å². The molecule has 1 aromatic heterocycles. The molecule has 2 bridgehead atoms. The number of rotatable bonds is 5. The number of aromatic nitrogens is 1. The van der Waals surface area contributed by atoms with Crippen LogP contribution >= 0.6 is 12.7 Å². The van der Waals surface area contributed by atoms with Crippen molar-refractivity contribution in [3.05, 3.63) is 161 Å². The van der Waals surface area contributed by atoms with Crippen LogP contribution in [0, 0.1) is 0 Å². The van der Waals surface area contributed by atoms with E-state index in [2.05, 4.69) is 153 Å².